The second kappa shape index (κ2) is 5.61. The molecule has 1 rings (SSSR count). The number of carbonyl (C=O) groups is 1. The van der Waals surface area contributed by atoms with Gasteiger partial charge < -0.3 is 0 Å². The zero-order valence-corrected chi connectivity index (χ0v) is 9.60. The summed E-state index contributed by atoms with van der Waals surface area (Å²) in [6, 6.07) is 5.89. The lowest BCUT2D eigenvalue weighted by molar-refractivity contribution is -0.121. The standard InChI is InChI=1S/C12H18N2O/c1-10(11(2)15)14(3)9-7-12-6-4-5-8-13-12/h4-6,8,10H,7,9H2,1-3H3. The molecule has 1 aromatic heterocycles. The Morgan fingerprint density at radius 3 is 2.80 bits per heavy atom. The summed E-state index contributed by atoms with van der Waals surface area (Å²) in [6.07, 6.45) is 2.68. The Balaban J connectivity index is 2.41. The molecule has 15 heavy (non-hydrogen) atoms. The molecule has 0 amide bonds. The zero-order valence-electron chi connectivity index (χ0n) is 9.60. The van der Waals surface area contributed by atoms with Crippen LogP contribution < -0.4 is 0 Å². The van der Waals surface area contributed by atoms with Crippen molar-refractivity contribution in [3.63, 3.8) is 0 Å². The number of rotatable bonds is 5. The second-order valence-electron chi connectivity index (χ2n) is 3.84. The number of pyridine rings is 1. The Bertz CT molecular complexity index is 311. The summed E-state index contributed by atoms with van der Waals surface area (Å²) in [5.41, 5.74) is 1.07. The van der Waals surface area contributed by atoms with E-state index in [1.807, 2.05) is 32.2 Å². The van der Waals surface area contributed by atoms with E-state index >= 15 is 0 Å². The maximum absolute atomic E-state index is 11.1. The van der Waals surface area contributed by atoms with Crippen LogP contribution in [0.2, 0.25) is 0 Å². The molecule has 0 radical (unpaired) electrons. The van der Waals surface area contributed by atoms with Gasteiger partial charge in [-0.05, 0) is 33.0 Å². The quantitative estimate of drug-likeness (QED) is 0.732. The smallest absolute Gasteiger partial charge is 0.146 e. The highest BCUT2D eigenvalue weighted by molar-refractivity contribution is 5.80. The molecule has 0 aliphatic rings. The maximum atomic E-state index is 11.1. The topological polar surface area (TPSA) is 33.2 Å². The van der Waals surface area contributed by atoms with Gasteiger partial charge in [0.25, 0.3) is 0 Å². The molecule has 1 heterocycles. The van der Waals surface area contributed by atoms with Crippen molar-refractivity contribution in [3.05, 3.63) is 30.1 Å². The first kappa shape index (κ1) is 11.9. The summed E-state index contributed by atoms with van der Waals surface area (Å²) in [7, 11) is 1.97. The predicted molar refractivity (Wildman–Crippen MR) is 60.7 cm³/mol. The summed E-state index contributed by atoms with van der Waals surface area (Å²) in [5.74, 6) is 0.207. The second-order valence-corrected chi connectivity index (χ2v) is 3.84. The number of likely N-dealkylation sites (N-methyl/N-ethyl adjacent to an activating group) is 1. The monoisotopic (exact) mass is 206 g/mol. The van der Waals surface area contributed by atoms with Crippen LogP contribution in [0.1, 0.15) is 19.5 Å². The van der Waals surface area contributed by atoms with Crippen molar-refractivity contribution in [1.29, 1.82) is 0 Å². The Kier molecular flexibility index (Phi) is 4.43. The lowest BCUT2D eigenvalue weighted by Gasteiger charge is -2.21. The first-order chi connectivity index (χ1) is 7.11. The van der Waals surface area contributed by atoms with E-state index in [0.29, 0.717) is 0 Å². The molecule has 3 nitrogen and oxygen atoms in total. The van der Waals surface area contributed by atoms with E-state index in [-0.39, 0.29) is 11.8 Å². The van der Waals surface area contributed by atoms with E-state index < -0.39 is 0 Å². The third-order valence-corrected chi connectivity index (χ3v) is 2.70. The van der Waals surface area contributed by atoms with Gasteiger partial charge in [-0.2, -0.15) is 0 Å². The number of ketones is 1. The molecule has 0 saturated carbocycles. The van der Waals surface area contributed by atoms with Crippen LogP contribution in [0.4, 0.5) is 0 Å². The highest BCUT2D eigenvalue weighted by Crippen LogP contribution is 2.00. The van der Waals surface area contributed by atoms with Crippen molar-refractivity contribution in [2.24, 2.45) is 0 Å². The van der Waals surface area contributed by atoms with Crippen LogP contribution in [-0.2, 0) is 11.2 Å². The van der Waals surface area contributed by atoms with E-state index in [4.69, 9.17) is 0 Å². The molecule has 1 unspecified atom stereocenters. The number of nitrogens with zero attached hydrogens (tertiary/aromatic N) is 2. The fourth-order valence-corrected chi connectivity index (χ4v) is 1.34. The average molecular weight is 206 g/mol. The molecule has 0 saturated heterocycles. The van der Waals surface area contributed by atoms with Gasteiger partial charge in [0.1, 0.15) is 5.78 Å². The van der Waals surface area contributed by atoms with Crippen molar-refractivity contribution >= 4 is 5.78 Å². The highest BCUT2D eigenvalue weighted by Gasteiger charge is 2.12. The Labute approximate surface area is 91.1 Å². The Morgan fingerprint density at radius 2 is 2.27 bits per heavy atom. The van der Waals surface area contributed by atoms with Gasteiger partial charge in [-0.25, -0.2) is 0 Å². The van der Waals surface area contributed by atoms with Gasteiger partial charge in [0, 0.05) is 24.9 Å². The van der Waals surface area contributed by atoms with Crippen molar-refractivity contribution in [2.45, 2.75) is 26.3 Å². The molecular weight excluding hydrogens is 188 g/mol. The molecule has 0 aromatic carbocycles. The van der Waals surface area contributed by atoms with Crippen molar-refractivity contribution in [3.8, 4) is 0 Å². The van der Waals surface area contributed by atoms with E-state index in [0.717, 1.165) is 18.7 Å². The summed E-state index contributed by atoms with van der Waals surface area (Å²) < 4.78 is 0. The van der Waals surface area contributed by atoms with E-state index in [2.05, 4.69) is 9.88 Å². The lowest BCUT2D eigenvalue weighted by Crippen LogP contribution is -2.36. The van der Waals surface area contributed by atoms with Crippen LogP contribution in [0.25, 0.3) is 0 Å². The molecule has 0 bridgehead atoms. The summed E-state index contributed by atoms with van der Waals surface area (Å²) in [5, 5.41) is 0. The van der Waals surface area contributed by atoms with Crippen molar-refractivity contribution in [1.82, 2.24) is 9.88 Å². The number of carbonyl (C=O) groups excluding carboxylic acids is 1. The minimum Gasteiger partial charge on any atom is -0.298 e. The zero-order chi connectivity index (χ0) is 11.3. The summed E-state index contributed by atoms with van der Waals surface area (Å²) >= 11 is 0. The lowest BCUT2D eigenvalue weighted by atomic mass is 10.2. The van der Waals surface area contributed by atoms with Gasteiger partial charge in [-0.15, -0.1) is 0 Å². The van der Waals surface area contributed by atoms with Crippen LogP contribution in [-0.4, -0.2) is 35.3 Å². The first-order valence-electron chi connectivity index (χ1n) is 5.22. The molecule has 1 atom stereocenters. The minimum atomic E-state index is -0.00582. The van der Waals surface area contributed by atoms with Crippen LogP contribution >= 0.6 is 0 Å². The third kappa shape index (κ3) is 3.80. The fourth-order valence-electron chi connectivity index (χ4n) is 1.34. The van der Waals surface area contributed by atoms with Crippen LogP contribution in [0.5, 0.6) is 0 Å². The van der Waals surface area contributed by atoms with Gasteiger partial charge in [-0.1, -0.05) is 6.07 Å². The molecule has 3 heteroatoms. The molecule has 0 aliphatic heterocycles. The van der Waals surface area contributed by atoms with Crippen molar-refractivity contribution in [2.75, 3.05) is 13.6 Å². The summed E-state index contributed by atoms with van der Waals surface area (Å²) in [4.78, 5) is 17.4. The average Bonchev–Trinajstić information content (AvgIpc) is 2.26. The Morgan fingerprint density at radius 1 is 1.53 bits per heavy atom. The van der Waals surface area contributed by atoms with Gasteiger partial charge in [0.05, 0.1) is 6.04 Å². The third-order valence-electron chi connectivity index (χ3n) is 2.70. The fraction of sp³-hybridized carbons (Fsp3) is 0.500. The summed E-state index contributed by atoms with van der Waals surface area (Å²) in [6.45, 7) is 4.42. The van der Waals surface area contributed by atoms with Gasteiger partial charge >= 0.3 is 0 Å². The van der Waals surface area contributed by atoms with E-state index in [1.165, 1.54) is 0 Å². The van der Waals surface area contributed by atoms with Crippen molar-refractivity contribution < 1.29 is 4.79 Å². The van der Waals surface area contributed by atoms with Gasteiger partial charge in [-0.3, -0.25) is 14.7 Å². The molecule has 0 spiro atoms. The van der Waals surface area contributed by atoms with E-state index in [1.54, 1.807) is 13.1 Å². The minimum absolute atomic E-state index is 0.00582. The first-order valence-corrected chi connectivity index (χ1v) is 5.22. The number of aromatic nitrogens is 1. The largest absolute Gasteiger partial charge is 0.298 e. The number of hydrogen-bond acceptors (Lipinski definition) is 3. The normalized spacial score (nSPS) is 12.8. The number of hydrogen-bond donors (Lipinski definition) is 0. The van der Waals surface area contributed by atoms with Gasteiger partial charge in [0.2, 0.25) is 0 Å². The molecule has 0 N–H and O–H groups in total. The maximum Gasteiger partial charge on any atom is 0.146 e. The SMILES string of the molecule is CC(=O)C(C)N(C)CCc1ccccn1. The van der Waals surface area contributed by atoms with E-state index in [9.17, 15) is 4.79 Å². The predicted octanol–water partition coefficient (Wildman–Crippen LogP) is 1.53. The highest BCUT2D eigenvalue weighted by atomic mass is 16.1. The van der Waals surface area contributed by atoms with Crippen LogP contribution in [0.15, 0.2) is 24.4 Å². The molecule has 82 valence electrons. The van der Waals surface area contributed by atoms with Crippen LogP contribution in [0, 0.1) is 0 Å². The molecule has 1 aromatic rings. The molecular formula is C12H18N2O. The van der Waals surface area contributed by atoms with Crippen LogP contribution in [0.3, 0.4) is 0 Å². The van der Waals surface area contributed by atoms with Gasteiger partial charge in [0.15, 0.2) is 0 Å². The molecule has 0 aliphatic carbocycles. The molecule has 0 fully saturated rings. The number of Topliss-reactive ketones (excluding diaryl/α,β-unsaturated/α-hetero) is 1. The Hall–Kier alpha value is -1.22.